The SMILES string of the molecule is CCCCCCCCCCCCCCCCCCCC(=O)O.OCC(O)C(O)C(O)C(O)CO. The molecule has 0 aromatic rings. The van der Waals surface area contributed by atoms with E-state index in [0.29, 0.717) is 6.42 Å². The molecule has 0 amide bonds. The van der Waals surface area contributed by atoms with Crippen molar-refractivity contribution in [2.45, 2.75) is 147 Å². The van der Waals surface area contributed by atoms with Crippen molar-refractivity contribution in [3.63, 3.8) is 0 Å². The first-order valence-electron chi connectivity index (χ1n) is 13.5. The molecule has 0 aromatic heterocycles. The molecule has 0 aliphatic heterocycles. The van der Waals surface area contributed by atoms with Crippen molar-refractivity contribution in [2.24, 2.45) is 0 Å². The summed E-state index contributed by atoms with van der Waals surface area (Å²) >= 11 is 0. The highest BCUT2D eigenvalue weighted by molar-refractivity contribution is 5.66. The molecule has 0 radical (unpaired) electrons. The Bertz CT molecular complexity index is 408. The molecule has 206 valence electrons. The van der Waals surface area contributed by atoms with Crippen LogP contribution in [0, 0.1) is 0 Å². The van der Waals surface area contributed by atoms with Gasteiger partial charge in [-0.1, -0.05) is 110 Å². The first-order valence-corrected chi connectivity index (χ1v) is 13.5. The molecular weight excluding hydrogens is 440 g/mol. The predicted octanol–water partition coefficient (Wildman–Crippen LogP) is 3.53. The van der Waals surface area contributed by atoms with E-state index >= 15 is 0 Å². The fourth-order valence-electron chi connectivity index (χ4n) is 3.67. The van der Waals surface area contributed by atoms with Crippen LogP contribution in [0.2, 0.25) is 0 Å². The second-order valence-corrected chi connectivity index (χ2v) is 9.28. The third-order valence-corrected chi connectivity index (χ3v) is 6.01. The van der Waals surface area contributed by atoms with E-state index in [9.17, 15) is 4.79 Å². The Morgan fingerprint density at radius 1 is 0.529 bits per heavy atom. The summed E-state index contributed by atoms with van der Waals surface area (Å²) in [6.07, 6.45) is 16.8. The van der Waals surface area contributed by atoms with Gasteiger partial charge in [0.2, 0.25) is 0 Å². The first-order chi connectivity index (χ1) is 16.3. The van der Waals surface area contributed by atoms with Crippen LogP contribution in [-0.2, 0) is 4.79 Å². The van der Waals surface area contributed by atoms with E-state index in [0.717, 1.165) is 12.8 Å². The maximum absolute atomic E-state index is 10.4. The summed E-state index contributed by atoms with van der Waals surface area (Å²) in [6, 6.07) is 0. The van der Waals surface area contributed by atoms with Gasteiger partial charge in [-0.05, 0) is 6.42 Å². The molecule has 0 aromatic carbocycles. The number of hydrogen-bond donors (Lipinski definition) is 7. The van der Waals surface area contributed by atoms with Crippen LogP contribution in [0.1, 0.15) is 122 Å². The lowest BCUT2D eigenvalue weighted by Crippen LogP contribution is -2.46. The van der Waals surface area contributed by atoms with E-state index in [1.165, 1.54) is 96.3 Å². The molecule has 8 nitrogen and oxygen atoms in total. The van der Waals surface area contributed by atoms with E-state index in [2.05, 4.69) is 6.92 Å². The molecule has 34 heavy (non-hydrogen) atoms. The fraction of sp³-hybridized carbons (Fsp3) is 0.962. The number of carbonyl (C=O) groups is 1. The van der Waals surface area contributed by atoms with Crippen molar-refractivity contribution in [1.82, 2.24) is 0 Å². The zero-order chi connectivity index (χ0) is 26.0. The molecule has 0 fully saturated rings. The second kappa shape index (κ2) is 26.8. The molecule has 0 spiro atoms. The lowest BCUT2D eigenvalue weighted by atomic mass is 10.0. The summed E-state index contributed by atoms with van der Waals surface area (Å²) in [7, 11) is 0. The number of unbranched alkanes of at least 4 members (excludes halogenated alkanes) is 16. The number of rotatable bonds is 23. The minimum Gasteiger partial charge on any atom is -0.481 e. The molecule has 7 N–H and O–H groups in total. The van der Waals surface area contributed by atoms with Gasteiger partial charge >= 0.3 is 5.97 Å². The quantitative estimate of drug-likeness (QED) is 0.106. The minimum absolute atomic E-state index is 0.346. The van der Waals surface area contributed by atoms with Crippen molar-refractivity contribution in [3.8, 4) is 0 Å². The van der Waals surface area contributed by atoms with Gasteiger partial charge in [0.1, 0.15) is 24.4 Å². The molecule has 4 unspecified atom stereocenters. The van der Waals surface area contributed by atoms with Gasteiger partial charge in [-0.15, -0.1) is 0 Å². The van der Waals surface area contributed by atoms with E-state index in [4.69, 9.17) is 35.7 Å². The Kier molecular flexibility index (Phi) is 27.9. The zero-order valence-corrected chi connectivity index (χ0v) is 21.5. The van der Waals surface area contributed by atoms with Gasteiger partial charge in [0.05, 0.1) is 13.2 Å². The Morgan fingerprint density at radius 2 is 0.794 bits per heavy atom. The van der Waals surface area contributed by atoms with Crippen LogP contribution in [-0.4, -0.2) is 79.3 Å². The highest BCUT2D eigenvalue weighted by atomic mass is 16.4. The van der Waals surface area contributed by atoms with Crippen LogP contribution in [0.3, 0.4) is 0 Å². The average Bonchev–Trinajstić information content (AvgIpc) is 2.84. The van der Waals surface area contributed by atoms with Gasteiger partial charge in [0.25, 0.3) is 0 Å². The number of hydrogen-bond acceptors (Lipinski definition) is 7. The lowest BCUT2D eigenvalue weighted by molar-refractivity contribution is -0.137. The summed E-state index contributed by atoms with van der Waals surface area (Å²) in [5.74, 6) is -0.652. The van der Waals surface area contributed by atoms with E-state index in [-0.39, 0.29) is 0 Å². The van der Waals surface area contributed by atoms with Gasteiger partial charge in [-0.25, -0.2) is 0 Å². The minimum atomic E-state index is -1.67. The summed E-state index contributed by atoms with van der Waals surface area (Å²) in [5, 5.41) is 60.7. The van der Waals surface area contributed by atoms with Crippen molar-refractivity contribution >= 4 is 5.97 Å². The number of aliphatic hydroxyl groups is 6. The van der Waals surface area contributed by atoms with Crippen LogP contribution >= 0.6 is 0 Å². The van der Waals surface area contributed by atoms with Crippen LogP contribution in [0.15, 0.2) is 0 Å². The normalized spacial score (nSPS) is 14.7. The van der Waals surface area contributed by atoms with E-state index < -0.39 is 43.6 Å². The maximum Gasteiger partial charge on any atom is 0.303 e. The molecule has 0 heterocycles. The Hall–Kier alpha value is -0.770. The molecular formula is C26H54O8. The largest absolute Gasteiger partial charge is 0.481 e. The average molecular weight is 495 g/mol. The van der Waals surface area contributed by atoms with Gasteiger partial charge in [-0.2, -0.15) is 0 Å². The number of carboxylic acids is 1. The molecule has 0 aliphatic rings. The third kappa shape index (κ3) is 24.4. The maximum atomic E-state index is 10.4. The highest BCUT2D eigenvalue weighted by Crippen LogP contribution is 2.14. The predicted molar refractivity (Wildman–Crippen MR) is 135 cm³/mol. The Labute approximate surface area is 207 Å². The Balaban J connectivity index is 0. The van der Waals surface area contributed by atoms with Gasteiger partial charge in [0, 0.05) is 6.42 Å². The second-order valence-electron chi connectivity index (χ2n) is 9.28. The fourth-order valence-corrected chi connectivity index (χ4v) is 3.67. The molecule has 0 aliphatic carbocycles. The summed E-state index contributed by atoms with van der Waals surface area (Å²) in [4.78, 5) is 10.4. The number of aliphatic carboxylic acids is 1. The van der Waals surface area contributed by atoms with Crippen molar-refractivity contribution in [1.29, 1.82) is 0 Å². The number of carboxylic acid groups (broad SMARTS) is 1. The summed E-state index contributed by atoms with van der Waals surface area (Å²) in [5.41, 5.74) is 0. The highest BCUT2D eigenvalue weighted by Gasteiger charge is 2.29. The van der Waals surface area contributed by atoms with Gasteiger partial charge in [-0.3, -0.25) is 4.79 Å². The molecule has 0 rings (SSSR count). The van der Waals surface area contributed by atoms with E-state index in [1.54, 1.807) is 0 Å². The van der Waals surface area contributed by atoms with Crippen LogP contribution in [0.25, 0.3) is 0 Å². The zero-order valence-electron chi connectivity index (χ0n) is 21.5. The molecule has 0 saturated heterocycles. The van der Waals surface area contributed by atoms with Crippen molar-refractivity contribution in [2.75, 3.05) is 13.2 Å². The smallest absolute Gasteiger partial charge is 0.303 e. The van der Waals surface area contributed by atoms with Gasteiger partial charge < -0.3 is 35.7 Å². The topological polar surface area (TPSA) is 159 Å². The van der Waals surface area contributed by atoms with Crippen LogP contribution in [0.4, 0.5) is 0 Å². The number of aliphatic hydroxyl groups excluding tert-OH is 6. The lowest BCUT2D eigenvalue weighted by Gasteiger charge is -2.24. The molecule has 0 bridgehead atoms. The van der Waals surface area contributed by atoms with E-state index in [1.807, 2.05) is 0 Å². The Morgan fingerprint density at radius 3 is 1.03 bits per heavy atom. The van der Waals surface area contributed by atoms with Crippen LogP contribution in [0.5, 0.6) is 0 Å². The summed E-state index contributed by atoms with van der Waals surface area (Å²) < 4.78 is 0. The summed E-state index contributed by atoms with van der Waals surface area (Å²) in [6.45, 7) is 0.826. The monoisotopic (exact) mass is 494 g/mol. The van der Waals surface area contributed by atoms with Gasteiger partial charge in [0.15, 0.2) is 0 Å². The third-order valence-electron chi connectivity index (χ3n) is 6.01. The van der Waals surface area contributed by atoms with Crippen molar-refractivity contribution in [3.05, 3.63) is 0 Å². The van der Waals surface area contributed by atoms with Crippen LogP contribution < -0.4 is 0 Å². The first kappa shape index (κ1) is 35.4. The molecule has 0 saturated carbocycles. The standard InChI is InChI=1S/C20H40O2.C6H14O6/c1-2-3-4-5-6-7-8-9-10-11-12-13-14-15-16-17-18-19-20(21)22;7-1-3(9)5(11)6(12)4(10)2-8/h2-19H2,1H3,(H,21,22);3-12H,1-2H2. The molecule has 8 heteroatoms. The van der Waals surface area contributed by atoms with Crippen molar-refractivity contribution < 1.29 is 40.5 Å². The molecule has 4 atom stereocenters.